The number of Topliss-reactive ketones (excluding diaryl/α,β-unsaturated/α-hetero) is 1. The van der Waals surface area contributed by atoms with E-state index in [1.54, 1.807) is 31.4 Å². The number of methoxy groups -OCH3 is 2. The largest absolute Gasteiger partial charge is 0.497 e. The lowest BCUT2D eigenvalue weighted by Crippen LogP contribution is -2.44. The average Bonchev–Trinajstić information content (AvgIpc) is 3.44. The third-order valence-corrected chi connectivity index (χ3v) is 8.17. The summed E-state index contributed by atoms with van der Waals surface area (Å²) in [6, 6.07) is 8.66. The lowest BCUT2D eigenvalue weighted by atomic mass is 9.77. The second kappa shape index (κ2) is 9.73. The van der Waals surface area contributed by atoms with Crippen molar-refractivity contribution in [3.63, 3.8) is 0 Å². The Labute approximate surface area is 215 Å². The Balaban J connectivity index is 1.19. The summed E-state index contributed by atoms with van der Waals surface area (Å²) < 4.78 is 10.5. The highest BCUT2D eigenvalue weighted by Gasteiger charge is 2.43. The fraction of sp³-hybridized carbons (Fsp3) is 0.481. The van der Waals surface area contributed by atoms with Gasteiger partial charge in [-0.2, -0.15) is 0 Å². The zero-order valence-electron chi connectivity index (χ0n) is 20.6. The first-order valence-corrected chi connectivity index (χ1v) is 12.7. The van der Waals surface area contributed by atoms with Crippen LogP contribution >= 0.6 is 11.6 Å². The Morgan fingerprint density at radius 1 is 1.06 bits per heavy atom. The molecule has 0 saturated carbocycles. The number of pyridine rings is 1. The zero-order valence-corrected chi connectivity index (χ0v) is 21.3. The molecule has 36 heavy (non-hydrogen) atoms. The molecular weight excluding hydrogens is 482 g/mol. The smallest absolute Gasteiger partial charge is 0.254 e. The van der Waals surface area contributed by atoms with Crippen LogP contribution in [0, 0.1) is 5.41 Å². The Kier molecular flexibility index (Phi) is 6.64. The lowest BCUT2D eigenvalue weighted by molar-refractivity contribution is -0.131. The molecule has 8 nitrogen and oxygen atoms in total. The van der Waals surface area contributed by atoms with Crippen LogP contribution in [0.4, 0.5) is 0 Å². The Morgan fingerprint density at radius 3 is 2.47 bits per heavy atom. The monoisotopic (exact) mass is 511 g/mol. The number of fused-ring (bicyclic) bond motifs is 1. The number of carbonyl (C=O) groups excluding carboxylic acids is 3. The topological polar surface area (TPSA) is 89.0 Å². The predicted molar refractivity (Wildman–Crippen MR) is 134 cm³/mol. The summed E-state index contributed by atoms with van der Waals surface area (Å²) in [4.78, 5) is 46.6. The third-order valence-electron chi connectivity index (χ3n) is 7.98. The van der Waals surface area contributed by atoms with Crippen molar-refractivity contribution in [2.24, 2.45) is 5.41 Å². The molecule has 1 unspecified atom stereocenters. The van der Waals surface area contributed by atoms with E-state index in [1.165, 1.54) is 7.11 Å². The third kappa shape index (κ3) is 4.66. The minimum Gasteiger partial charge on any atom is -0.497 e. The minimum atomic E-state index is -0.102. The Morgan fingerprint density at radius 2 is 1.78 bits per heavy atom. The van der Waals surface area contributed by atoms with Crippen LogP contribution in [0.3, 0.4) is 0 Å². The number of ether oxygens (including phenoxy) is 2. The SMILES string of the molecule is COc1ccc2c(c1)C(CC(=O)N1CCC3(CCN(C(=O)c4cc(Cl)nc(OC)c4)CC3)C1)CC2=O. The number of likely N-dealkylation sites (tertiary alicyclic amines) is 2. The first-order valence-electron chi connectivity index (χ1n) is 12.3. The Hall–Kier alpha value is -3.13. The normalized spacial score (nSPS) is 20.5. The van der Waals surface area contributed by atoms with Crippen molar-refractivity contribution in [2.45, 2.75) is 38.0 Å². The number of aromatic nitrogens is 1. The van der Waals surface area contributed by atoms with Crippen LogP contribution in [0.2, 0.25) is 5.15 Å². The molecule has 190 valence electrons. The molecule has 1 aromatic carbocycles. The number of nitrogens with zero attached hydrogens (tertiary/aromatic N) is 3. The van der Waals surface area contributed by atoms with Crippen LogP contribution in [-0.4, -0.2) is 72.8 Å². The van der Waals surface area contributed by atoms with Crippen molar-refractivity contribution in [2.75, 3.05) is 40.4 Å². The maximum absolute atomic E-state index is 13.2. The molecule has 2 amide bonds. The van der Waals surface area contributed by atoms with Gasteiger partial charge in [0.25, 0.3) is 5.91 Å². The summed E-state index contributed by atoms with van der Waals surface area (Å²) in [6.07, 6.45) is 3.33. The number of hydrogen-bond donors (Lipinski definition) is 0. The molecule has 2 aromatic rings. The average molecular weight is 512 g/mol. The molecule has 9 heteroatoms. The van der Waals surface area contributed by atoms with Gasteiger partial charge in [0.15, 0.2) is 5.78 Å². The molecule has 1 atom stereocenters. The molecule has 2 aliphatic heterocycles. The number of amides is 2. The van der Waals surface area contributed by atoms with E-state index in [4.69, 9.17) is 21.1 Å². The van der Waals surface area contributed by atoms with E-state index in [0.717, 1.165) is 31.4 Å². The Bertz CT molecular complexity index is 1210. The first kappa shape index (κ1) is 24.6. The number of hydrogen-bond acceptors (Lipinski definition) is 6. The van der Waals surface area contributed by atoms with Gasteiger partial charge >= 0.3 is 0 Å². The summed E-state index contributed by atoms with van der Waals surface area (Å²) >= 11 is 6.04. The lowest BCUT2D eigenvalue weighted by Gasteiger charge is -2.39. The fourth-order valence-electron chi connectivity index (χ4n) is 5.85. The van der Waals surface area contributed by atoms with Gasteiger partial charge in [0.1, 0.15) is 10.9 Å². The van der Waals surface area contributed by atoms with Gasteiger partial charge in [0.2, 0.25) is 11.8 Å². The van der Waals surface area contributed by atoms with Gasteiger partial charge in [-0.1, -0.05) is 11.6 Å². The molecule has 3 aliphatic rings. The molecule has 0 bridgehead atoms. The molecule has 3 heterocycles. The van der Waals surface area contributed by atoms with Crippen LogP contribution in [0.5, 0.6) is 11.6 Å². The number of ketones is 1. The minimum absolute atomic E-state index is 0.0344. The van der Waals surface area contributed by atoms with E-state index in [-0.39, 0.29) is 34.1 Å². The molecule has 1 spiro atoms. The number of piperidine rings is 1. The van der Waals surface area contributed by atoms with Gasteiger partial charge in [0, 0.05) is 62.1 Å². The van der Waals surface area contributed by atoms with Gasteiger partial charge < -0.3 is 19.3 Å². The maximum atomic E-state index is 13.2. The van der Waals surface area contributed by atoms with Crippen LogP contribution in [0.15, 0.2) is 30.3 Å². The van der Waals surface area contributed by atoms with Crippen molar-refractivity contribution in [1.82, 2.24) is 14.8 Å². The van der Waals surface area contributed by atoms with Crippen molar-refractivity contribution in [3.05, 3.63) is 52.2 Å². The van der Waals surface area contributed by atoms with E-state index in [2.05, 4.69) is 4.98 Å². The second-order valence-corrected chi connectivity index (χ2v) is 10.4. The van der Waals surface area contributed by atoms with Crippen molar-refractivity contribution >= 4 is 29.2 Å². The van der Waals surface area contributed by atoms with Crippen molar-refractivity contribution < 1.29 is 23.9 Å². The highest BCUT2D eigenvalue weighted by atomic mass is 35.5. The van der Waals surface area contributed by atoms with Gasteiger partial charge in [0.05, 0.1) is 14.2 Å². The summed E-state index contributed by atoms with van der Waals surface area (Å²) in [7, 11) is 3.09. The summed E-state index contributed by atoms with van der Waals surface area (Å²) in [5, 5.41) is 0.223. The molecule has 0 N–H and O–H groups in total. The van der Waals surface area contributed by atoms with Crippen LogP contribution in [0.1, 0.15) is 64.3 Å². The summed E-state index contributed by atoms with van der Waals surface area (Å²) in [5.41, 5.74) is 2.12. The van der Waals surface area contributed by atoms with Gasteiger partial charge in [-0.15, -0.1) is 0 Å². The highest BCUT2D eigenvalue weighted by molar-refractivity contribution is 6.29. The summed E-state index contributed by atoms with van der Waals surface area (Å²) in [6.45, 7) is 2.69. The molecule has 0 radical (unpaired) electrons. The van der Waals surface area contributed by atoms with E-state index in [0.29, 0.717) is 55.2 Å². The molecule has 5 rings (SSSR count). The summed E-state index contributed by atoms with van der Waals surface area (Å²) in [5.74, 6) is 1.02. The highest BCUT2D eigenvalue weighted by Crippen LogP contribution is 2.42. The van der Waals surface area contributed by atoms with Crippen LogP contribution in [-0.2, 0) is 4.79 Å². The molecule has 1 aliphatic carbocycles. The zero-order chi connectivity index (χ0) is 25.4. The van der Waals surface area contributed by atoms with Crippen molar-refractivity contribution in [1.29, 1.82) is 0 Å². The van der Waals surface area contributed by atoms with E-state index in [9.17, 15) is 14.4 Å². The molecule has 2 fully saturated rings. The van der Waals surface area contributed by atoms with E-state index >= 15 is 0 Å². The first-order chi connectivity index (χ1) is 17.3. The number of rotatable bonds is 5. The van der Waals surface area contributed by atoms with Crippen molar-refractivity contribution in [3.8, 4) is 11.6 Å². The maximum Gasteiger partial charge on any atom is 0.254 e. The van der Waals surface area contributed by atoms with Gasteiger partial charge in [-0.3, -0.25) is 14.4 Å². The number of benzene rings is 1. The van der Waals surface area contributed by atoms with Gasteiger partial charge in [-0.05, 0) is 54.5 Å². The predicted octanol–water partition coefficient (Wildman–Crippen LogP) is 3.97. The fourth-order valence-corrected chi connectivity index (χ4v) is 6.05. The van der Waals surface area contributed by atoms with Gasteiger partial charge in [-0.25, -0.2) is 4.98 Å². The van der Waals surface area contributed by atoms with E-state index in [1.807, 2.05) is 15.9 Å². The standard InChI is InChI=1S/C27H30ClN3O5/c1-35-19-3-4-20-21(15-19)17(11-22(20)32)14-25(33)31-10-7-27(16-31)5-8-30(9-6-27)26(34)18-12-23(28)29-24(13-18)36-2/h3-4,12-13,15,17H,5-11,14,16H2,1-2H3. The quantitative estimate of drug-likeness (QED) is 0.564. The van der Waals surface area contributed by atoms with Crippen LogP contribution < -0.4 is 9.47 Å². The molecular formula is C27H30ClN3O5. The van der Waals surface area contributed by atoms with E-state index < -0.39 is 0 Å². The number of carbonyl (C=O) groups is 3. The second-order valence-electron chi connectivity index (χ2n) is 10.1. The van der Waals surface area contributed by atoms with Crippen LogP contribution in [0.25, 0.3) is 0 Å². The molecule has 1 aromatic heterocycles. The molecule has 2 saturated heterocycles. The number of halogens is 1.